The largest absolute Gasteiger partial charge is 0.0622 e. The lowest BCUT2D eigenvalue weighted by atomic mass is 9.64. The lowest BCUT2D eigenvalue weighted by molar-refractivity contribution is 0.671. The average Bonchev–Trinajstić information content (AvgIpc) is 2.98. The van der Waals surface area contributed by atoms with Crippen molar-refractivity contribution in [3.63, 3.8) is 0 Å². The molecule has 37 heavy (non-hydrogen) atoms. The molecule has 5 aromatic rings. The van der Waals surface area contributed by atoms with Crippen LogP contribution in [0.3, 0.4) is 0 Å². The minimum Gasteiger partial charge on any atom is -0.0622 e. The number of rotatable bonds is 5. The van der Waals surface area contributed by atoms with E-state index in [1.54, 1.807) is 0 Å². The van der Waals surface area contributed by atoms with Crippen LogP contribution in [0.1, 0.15) is 40.7 Å². The van der Waals surface area contributed by atoms with Crippen LogP contribution in [0, 0.1) is 5.92 Å². The molecule has 178 valence electrons. The number of allylic oxidation sites excluding steroid dienone is 4. The predicted molar refractivity (Wildman–Crippen MR) is 158 cm³/mol. The molecule has 0 N–H and O–H groups in total. The quantitative estimate of drug-likeness (QED) is 0.238. The highest BCUT2D eigenvalue weighted by Crippen LogP contribution is 2.56. The molecule has 0 aromatic heterocycles. The minimum atomic E-state index is 0.210. The first-order valence-electron chi connectivity index (χ1n) is 13.1. The zero-order valence-corrected chi connectivity index (χ0v) is 21.1. The highest BCUT2D eigenvalue weighted by molar-refractivity contribution is 6.24. The normalized spacial score (nSPS) is 17.6. The topological polar surface area (TPSA) is 0 Å². The third-order valence-corrected chi connectivity index (χ3v) is 7.51. The molecule has 0 bridgehead atoms. The lowest BCUT2D eigenvalue weighted by Gasteiger charge is -2.39. The van der Waals surface area contributed by atoms with Gasteiger partial charge in [0.2, 0.25) is 0 Å². The van der Waals surface area contributed by atoms with Gasteiger partial charge in [0.25, 0.3) is 0 Å². The second kappa shape index (κ2) is 10.3. The maximum absolute atomic E-state index is 2.41. The van der Waals surface area contributed by atoms with E-state index in [2.05, 4.69) is 159 Å². The Kier molecular flexibility index (Phi) is 6.40. The maximum Gasteiger partial charge on any atom is 0.0168 e. The third kappa shape index (κ3) is 4.36. The molecule has 0 unspecified atom stereocenters. The maximum atomic E-state index is 2.41. The summed E-state index contributed by atoms with van der Waals surface area (Å²) in [5.74, 6) is 0.476. The molecule has 6 rings (SSSR count). The van der Waals surface area contributed by atoms with Gasteiger partial charge in [-0.25, -0.2) is 0 Å². The molecule has 2 atom stereocenters. The van der Waals surface area contributed by atoms with Crippen molar-refractivity contribution >= 4 is 22.3 Å². The summed E-state index contributed by atoms with van der Waals surface area (Å²) in [6.07, 6.45) is 0. The molecular weight excluding hydrogens is 444 g/mol. The molecule has 0 fully saturated rings. The summed E-state index contributed by atoms with van der Waals surface area (Å²) in [7, 11) is 0. The molecule has 0 nitrogen and oxygen atoms in total. The van der Waals surface area contributed by atoms with Gasteiger partial charge in [-0.15, -0.1) is 0 Å². The Morgan fingerprint density at radius 2 is 0.676 bits per heavy atom. The summed E-state index contributed by atoms with van der Waals surface area (Å²) in [5.41, 5.74) is 11.9. The van der Waals surface area contributed by atoms with E-state index in [1.807, 2.05) is 0 Å². The van der Waals surface area contributed by atoms with Crippen molar-refractivity contribution in [2.24, 2.45) is 5.92 Å². The summed E-state index contributed by atoms with van der Waals surface area (Å²) in [6, 6.07) is 54.9. The van der Waals surface area contributed by atoms with Crippen molar-refractivity contribution in [1.29, 1.82) is 0 Å². The fourth-order valence-corrected chi connectivity index (χ4v) is 5.96. The van der Waals surface area contributed by atoms with Crippen LogP contribution in [0.25, 0.3) is 22.3 Å². The van der Waals surface area contributed by atoms with Gasteiger partial charge >= 0.3 is 0 Å². The van der Waals surface area contributed by atoms with E-state index in [0.29, 0.717) is 0 Å². The van der Waals surface area contributed by atoms with E-state index >= 15 is 0 Å². The molecule has 0 radical (unpaired) electrons. The van der Waals surface area contributed by atoms with Crippen molar-refractivity contribution in [3.8, 4) is 0 Å². The predicted octanol–water partition coefficient (Wildman–Crippen LogP) is 9.64. The van der Waals surface area contributed by atoms with E-state index < -0.39 is 0 Å². The van der Waals surface area contributed by atoms with E-state index in [-0.39, 0.29) is 11.8 Å². The Bertz CT molecular complexity index is 1530. The summed E-state index contributed by atoms with van der Waals surface area (Å²) in [5, 5.41) is 0. The molecule has 0 heterocycles. The van der Waals surface area contributed by atoms with Crippen LogP contribution in [-0.4, -0.2) is 0 Å². The number of hydrogen-bond donors (Lipinski definition) is 0. The van der Waals surface area contributed by atoms with Gasteiger partial charge in [-0.05, 0) is 56.0 Å². The second-order valence-electron chi connectivity index (χ2n) is 9.72. The molecule has 0 amide bonds. The van der Waals surface area contributed by atoms with E-state index in [9.17, 15) is 0 Å². The molecule has 0 aliphatic heterocycles. The van der Waals surface area contributed by atoms with Crippen LogP contribution in [0.5, 0.6) is 0 Å². The van der Waals surface area contributed by atoms with Gasteiger partial charge in [0.15, 0.2) is 0 Å². The van der Waals surface area contributed by atoms with Crippen LogP contribution in [0.15, 0.2) is 152 Å². The number of benzene rings is 5. The first-order valence-corrected chi connectivity index (χ1v) is 13.1. The summed E-state index contributed by atoms with van der Waals surface area (Å²) < 4.78 is 0. The van der Waals surface area contributed by atoms with Gasteiger partial charge in [-0.3, -0.25) is 0 Å². The average molecular weight is 475 g/mol. The highest BCUT2D eigenvalue weighted by Gasteiger charge is 2.37. The van der Waals surface area contributed by atoms with Crippen LogP contribution in [-0.2, 0) is 0 Å². The first kappa shape index (κ1) is 23.0. The Morgan fingerprint density at radius 1 is 0.351 bits per heavy atom. The highest BCUT2D eigenvalue weighted by atomic mass is 14.4. The van der Waals surface area contributed by atoms with Gasteiger partial charge in [0.1, 0.15) is 0 Å². The zero-order valence-electron chi connectivity index (χ0n) is 21.1. The van der Waals surface area contributed by atoms with E-state index in [4.69, 9.17) is 0 Å². The molecule has 5 aromatic carbocycles. The van der Waals surface area contributed by atoms with Crippen molar-refractivity contribution in [2.75, 3.05) is 0 Å². The molecule has 0 saturated heterocycles. The summed E-state index contributed by atoms with van der Waals surface area (Å²) in [6.45, 7) is 2.41. The molecule has 0 saturated carbocycles. The fraction of sp³-hybridized carbons (Fsp3) is 0.0811. The van der Waals surface area contributed by atoms with Gasteiger partial charge in [0.05, 0.1) is 0 Å². The third-order valence-electron chi connectivity index (χ3n) is 7.51. The van der Waals surface area contributed by atoms with Crippen molar-refractivity contribution in [1.82, 2.24) is 0 Å². The smallest absolute Gasteiger partial charge is 0.0168 e. The molecular formula is C37H30. The van der Waals surface area contributed by atoms with E-state index in [0.717, 1.165) is 0 Å². The molecule has 1 aliphatic rings. The Hall–Kier alpha value is -4.42. The monoisotopic (exact) mass is 474 g/mol. The van der Waals surface area contributed by atoms with Crippen LogP contribution in [0.2, 0.25) is 0 Å². The minimum absolute atomic E-state index is 0.210. The molecule has 0 heteroatoms. The Balaban J connectivity index is 1.79. The molecule has 1 aliphatic carbocycles. The van der Waals surface area contributed by atoms with Gasteiger partial charge in [-0.1, -0.05) is 159 Å². The van der Waals surface area contributed by atoms with Crippen molar-refractivity contribution in [3.05, 3.63) is 179 Å². The summed E-state index contributed by atoms with van der Waals surface area (Å²) >= 11 is 0. The van der Waals surface area contributed by atoms with E-state index in [1.165, 1.54) is 50.1 Å². The first-order chi connectivity index (χ1) is 18.3. The fourth-order valence-electron chi connectivity index (χ4n) is 5.96. The summed E-state index contributed by atoms with van der Waals surface area (Å²) in [4.78, 5) is 0. The second-order valence-corrected chi connectivity index (χ2v) is 9.72. The number of hydrogen-bond acceptors (Lipinski definition) is 0. The SMILES string of the molecule is C[C@@H]1C(c2ccccc2)=C(c2ccccc2)C(c2ccccc2)=C(c2ccccc2)[C@@H]1c1ccccc1. The van der Waals surface area contributed by atoms with Gasteiger partial charge < -0.3 is 0 Å². The standard InChI is InChI=1S/C37H30/c1-27-33(28-17-7-2-8-18-28)35(30-21-11-4-12-22-30)37(32-25-15-6-16-26-32)36(31-23-13-5-14-24-31)34(27)29-19-9-3-10-20-29/h2-27,33H,1H3/t27-,33-/m0/s1. The zero-order chi connectivity index (χ0) is 25.0. The van der Waals surface area contributed by atoms with Gasteiger partial charge in [0, 0.05) is 5.92 Å². The Morgan fingerprint density at radius 3 is 1.11 bits per heavy atom. The Labute approximate surface area is 220 Å². The van der Waals surface area contributed by atoms with Crippen molar-refractivity contribution in [2.45, 2.75) is 12.8 Å². The van der Waals surface area contributed by atoms with Gasteiger partial charge in [-0.2, -0.15) is 0 Å². The van der Waals surface area contributed by atoms with Crippen LogP contribution >= 0.6 is 0 Å². The van der Waals surface area contributed by atoms with Crippen molar-refractivity contribution < 1.29 is 0 Å². The van der Waals surface area contributed by atoms with Crippen LogP contribution in [0.4, 0.5) is 0 Å². The van der Waals surface area contributed by atoms with Crippen LogP contribution < -0.4 is 0 Å². The molecule has 0 spiro atoms. The lowest BCUT2D eigenvalue weighted by Crippen LogP contribution is -2.21.